The number of carbonyl (C=O) groups is 2. The SMILES string of the molecule is COC(=O)CCCC=CC[C@H]1C(=O)C[C@@H](O)[C@@H]1C=CCC(O)C1(CC2CCCCC2)CCC1. The summed E-state index contributed by atoms with van der Waals surface area (Å²) in [5.41, 5.74) is 0.0861. The summed E-state index contributed by atoms with van der Waals surface area (Å²) >= 11 is 0. The molecule has 2 N–H and O–H groups in total. The summed E-state index contributed by atoms with van der Waals surface area (Å²) in [5, 5.41) is 21.5. The second kappa shape index (κ2) is 12.9. The van der Waals surface area contributed by atoms with E-state index in [-0.39, 0.29) is 41.5 Å². The van der Waals surface area contributed by atoms with Crippen molar-refractivity contribution in [3.8, 4) is 0 Å². The molecular weight excluding hydrogens is 416 g/mol. The van der Waals surface area contributed by atoms with Crippen LogP contribution in [0.25, 0.3) is 0 Å². The summed E-state index contributed by atoms with van der Waals surface area (Å²) in [6, 6.07) is 0. The van der Waals surface area contributed by atoms with Gasteiger partial charge < -0.3 is 14.9 Å². The van der Waals surface area contributed by atoms with Gasteiger partial charge in [0.05, 0.1) is 19.3 Å². The van der Waals surface area contributed by atoms with Crippen LogP contribution in [-0.4, -0.2) is 41.3 Å². The van der Waals surface area contributed by atoms with Crippen LogP contribution < -0.4 is 0 Å². The molecule has 3 fully saturated rings. The molecule has 0 aliphatic heterocycles. The number of aliphatic hydroxyl groups excluding tert-OH is 2. The Bertz CT molecular complexity index is 686. The van der Waals surface area contributed by atoms with Crippen LogP contribution in [0.3, 0.4) is 0 Å². The van der Waals surface area contributed by atoms with Gasteiger partial charge in [-0.15, -0.1) is 0 Å². The lowest BCUT2D eigenvalue weighted by atomic mass is 9.59. The van der Waals surface area contributed by atoms with Crippen molar-refractivity contribution in [3.63, 3.8) is 0 Å². The third kappa shape index (κ3) is 7.26. The maximum atomic E-state index is 12.4. The van der Waals surface area contributed by atoms with E-state index in [0.717, 1.165) is 38.0 Å². The van der Waals surface area contributed by atoms with Gasteiger partial charge in [0.15, 0.2) is 0 Å². The summed E-state index contributed by atoms with van der Waals surface area (Å²) in [5.74, 6) is 0.304. The number of carbonyl (C=O) groups excluding carboxylic acids is 2. The second-order valence-corrected chi connectivity index (χ2v) is 10.7. The highest BCUT2D eigenvalue weighted by atomic mass is 16.5. The number of hydrogen-bond acceptors (Lipinski definition) is 5. The zero-order valence-corrected chi connectivity index (χ0v) is 20.4. The van der Waals surface area contributed by atoms with E-state index in [9.17, 15) is 19.8 Å². The number of unbranched alkanes of at least 4 members (excludes halogenated alkanes) is 1. The minimum Gasteiger partial charge on any atom is -0.469 e. The van der Waals surface area contributed by atoms with Crippen molar-refractivity contribution in [1.29, 1.82) is 0 Å². The molecule has 0 spiro atoms. The number of esters is 1. The lowest BCUT2D eigenvalue weighted by molar-refractivity contribution is -0.140. The highest BCUT2D eigenvalue weighted by molar-refractivity contribution is 5.84. The van der Waals surface area contributed by atoms with Gasteiger partial charge in [0.2, 0.25) is 0 Å². The number of allylic oxidation sites excluding steroid dienone is 2. The lowest BCUT2D eigenvalue weighted by Gasteiger charge is -2.48. The first-order valence-electron chi connectivity index (χ1n) is 13.2. The predicted molar refractivity (Wildman–Crippen MR) is 129 cm³/mol. The van der Waals surface area contributed by atoms with Crippen LogP contribution in [0.4, 0.5) is 0 Å². The Morgan fingerprint density at radius 1 is 1.15 bits per heavy atom. The summed E-state index contributed by atoms with van der Waals surface area (Å²) in [6.07, 6.45) is 21.7. The van der Waals surface area contributed by atoms with E-state index in [0.29, 0.717) is 19.3 Å². The minimum absolute atomic E-state index is 0.0861. The van der Waals surface area contributed by atoms with E-state index in [1.54, 1.807) is 0 Å². The molecule has 5 heteroatoms. The van der Waals surface area contributed by atoms with Gasteiger partial charge in [0.25, 0.3) is 0 Å². The molecule has 3 rings (SSSR count). The van der Waals surface area contributed by atoms with Gasteiger partial charge in [-0.1, -0.05) is 62.8 Å². The summed E-state index contributed by atoms with van der Waals surface area (Å²) in [4.78, 5) is 23.6. The lowest BCUT2D eigenvalue weighted by Crippen LogP contribution is -2.43. The maximum Gasteiger partial charge on any atom is 0.305 e. The van der Waals surface area contributed by atoms with Crippen LogP contribution in [0.5, 0.6) is 0 Å². The number of rotatable bonds is 12. The zero-order valence-electron chi connectivity index (χ0n) is 20.4. The van der Waals surface area contributed by atoms with Crippen molar-refractivity contribution in [2.24, 2.45) is 23.2 Å². The minimum atomic E-state index is -0.636. The molecule has 4 atom stereocenters. The second-order valence-electron chi connectivity index (χ2n) is 10.7. The van der Waals surface area contributed by atoms with Gasteiger partial charge in [-0.05, 0) is 56.3 Å². The molecule has 1 unspecified atom stereocenters. The Kier molecular flexibility index (Phi) is 10.2. The van der Waals surface area contributed by atoms with E-state index >= 15 is 0 Å². The van der Waals surface area contributed by atoms with E-state index in [2.05, 4.69) is 4.74 Å². The molecular formula is C28H44O5. The van der Waals surface area contributed by atoms with E-state index in [4.69, 9.17) is 0 Å². The third-order valence-electron chi connectivity index (χ3n) is 8.46. The Hall–Kier alpha value is -1.46. The maximum absolute atomic E-state index is 12.4. The smallest absolute Gasteiger partial charge is 0.305 e. The van der Waals surface area contributed by atoms with Crippen LogP contribution in [0.2, 0.25) is 0 Å². The fourth-order valence-electron chi connectivity index (χ4n) is 6.24. The molecule has 0 bridgehead atoms. The number of methoxy groups -OCH3 is 1. The Labute approximate surface area is 199 Å². The van der Waals surface area contributed by atoms with Gasteiger partial charge in [0, 0.05) is 24.7 Å². The number of ether oxygens (including phenoxy) is 1. The average molecular weight is 461 g/mol. The first kappa shape index (κ1) is 26.2. The summed E-state index contributed by atoms with van der Waals surface area (Å²) in [6.45, 7) is 0. The van der Waals surface area contributed by atoms with Crippen molar-refractivity contribution in [2.45, 2.75) is 109 Å². The highest BCUT2D eigenvalue weighted by Crippen LogP contribution is 2.51. The summed E-state index contributed by atoms with van der Waals surface area (Å²) in [7, 11) is 1.39. The van der Waals surface area contributed by atoms with Crippen molar-refractivity contribution < 1.29 is 24.5 Å². The van der Waals surface area contributed by atoms with Gasteiger partial charge in [-0.3, -0.25) is 9.59 Å². The molecule has 5 nitrogen and oxygen atoms in total. The van der Waals surface area contributed by atoms with Gasteiger partial charge in [0.1, 0.15) is 5.78 Å². The molecule has 3 aliphatic carbocycles. The fourth-order valence-corrected chi connectivity index (χ4v) is 6.24. The van der Waals surface area contributed by atoms with Crippen LogP contribution in [0.15, 0.2) is 24.3 Å². The molecule has 0 aromatic heterocycles. The first-order valence-corrected chi connectivity index (χ1v) is 13.2. The zero-order chi connectivity index (χ0) is 23.7. The molecule has 0 amide bonds. The third-order valence-corrected chi connectivity index (χ3v) is 8.46. The van der Waals surface area contributed by atoms with Crippen molar-refractivity contribution in [1.82, 2.24) is 0 Å². The Morgan fingerprint density at radius 2 is 1.91 bits per heavy atom. The standard InChI is InChI=1S/C28H44O5/c1-33-27(32)16-8-3-2-7-13-22-23(25(30)19-24(22)29)14-9-15-26(31)28(17-10-18-28)20-21-11-5-4-6-12-21/h2,7,9,14,21-23,25-26,30-31H,3-6,8,10-13,15-20H2,1H3/t22-,23-,25-,26?/m1/s1. The molecule has 33 heavy (non-hydrogen) atoms. The number of Topliss-reactive ketones (excluding diaryl/α,β-unsaturated/α-hetero) is 1. The van der Waals surface area contributed by atoms with Crippen molar-refractivity contribution >= 4 is 11.8 Å². The van der Waals surface area contributed by atoms with Gasteiger partial charge in [-0.2, -0.15) is 0 Å². The Morgan fingerprint density at radius 3 is 2.58 bits per heavy atom. The molecule has 186 valence electrons. The average Bonchev–Trinajstić information content (AvgIpc) is 3.05. The molecule has 0 aromatic carbocycles. The molecule has 0 radical (unpaired) electrons. The van der Waals surface area contributed by atoms with E-state index < -0.39 is 6.10 Å². The fraction of sp³-hybridized carbons (Fsp3) is 0.786. The van der Waals surface area contributed by atoms with Crippen molar-refractivity contribution in [3.05, 3.63) is 24.3 Å². The van der Waals surface area contributed by atoms with Crippen molar-refractivity contribution in [2.75, 3.05) is 7.11 Å². The summed E-state index contributed by atoms with van der Waals surface area (Å²) < 4.78 is 4.64. The quantitative estimate of drug-likeness (QED) is 0.235. The molecule has 0 heterocycles. The molecule has 3 aliphatic rings. The van der Waals surface area contributed by atoms with Gasteiger partial charge >= 0.3 is 5.97 Å². The topological polar surface area (TPSA) is 83.8 Å². The first-order chi connectivity index (χ1) is 15.9. The molecule has 3 saturated carbocycles. The predicted octanol–water partition coefficient (Wildman–Crippen LogP) is 5.29. The highest BCUT2D eigenvalue weighted by Gasteiger charge is 2.44. The number of hydrogen-bond donors (Lipinski definition) is 2. The molecule has 0 aromatic rings. The van der Waals surface area contributed by atoms with Crippen LogP contribution in [-0.2, 0) is 14.3 Å². The monoisotopic (exact) mass is 460 g/mol. The molecule has 0 saturated heterocycles. The Balaban J connectivity index is 1.48. The van der Waals surface area contributed by atoms with Crippen LogP contribution >= 0.6 is 0 Å². The van der Waals surface area contributed by atoms with Crippen LogP contribution in [0, 0.1) is 23.2 Å². The van der Waals surface area contributed by atoms with E-state index in [1.807, 2.05) is 24.3 Å². The van der Waals surface area contributed by atoms with Gasteiger partial charge in [-0.25, -0.2) is 0 Å². The number of aliphatic hydroxyl groups is 2. The van der Waals surface area contributed by atoms with E-state index in [1.165, 1.54) is 45.6 Å². The normalized spacial score (nSPS) is 28.9. The largest absolute Gasteiger partial charge is 0.469 e. The van der Waals surface area contributed by atoms with Crippen LogP contribution in [0.1, 0.15) is 96.3 Å². The number of ketones is 1.